The minimum absolute atomic E-state index is 0. The molecule has 70 valence electrons. The first-order chi connectivity index (χ1) is 5.31. The lowest BCUT2D eigenvalue weighted by molar-refractivity contribution is -0.119. The Morgan fingerprint density at radius 1 is 1.25 bits per heavy atom. The molecule has 3 N–H and O–H groups in total. The Balaban J connectivity index is 0.000000720. The van der Waals surface area contributed by atoms with Crippen molar-refractivity contribution in [1.29, 1.82) is 0 Å². The maximum absolute atomic E-state index is 10.9. The molecule has 0 saturated carbocycles. The first kappa shape index (κ1) is 9.77. The molecule has 4 nitrogen and oxygen atoms in total. The van der Waals surface area contributed by atoms with E-state index in [4.69, 9.17) is 0 Å². The van der Waals surface area contributed by atoms with Crippen LogP contribution in [0.1, 0.15) is 12.8 Å². The van der Waals surface area contributed by atoms with Gasteiger partial charge < -0.3 is 10.6 Å². The molecule has 12 heavy (non-hydrogen) atoms. The topological polar surface area (TPSA) is 53.2 Å². The van der Waals surface area contributed by atoms with Crippen molar-refractivity contribution >= 4 is 18.3 Å². The fraction of sp³-hybridized carbons (Fsp3) is 0.857. The number of carbonyl (C=O) groups excluding carboxylic acids is 1. The monoisotopic (exact) mass is 191 g/mol. The van der Waals surface area contributed by atoms with Crippen LogP contribution in [0, 0.1) is 0 Å². The number of hydrogen-bond donors (Lipinski definition) is 3. The number of carbonyl (C=O) groups is 1. The van der Waals surface area contributed by atoms with Crippen molar-refractivity contribution in [1.82, 2.24) is 16.0 Å². The van der Waals surface area contributed by atoms with Crippen LogP contribution in [0.5, 0.6) is 0 Å². The van der Waals surface area contributed by atoms with Crippen molar-refractivity contribution < 1.29 is 4.79 Å². The molecule has 0 aliphatic carbocycles. The summed E-state index contributed by atoms with van der Waals surface area (Å²) in [5, 5.41) is 9.46. The van der Waals surface area contributed by atoms with Crippen LogP contribution in [0.15, 0.2) is 0 Å². The predicted molar refractivity (Wildman–Crippen MR) is 48.2 cm³/mol. The van der Waals surface area contributed by atoms with Gasteiger partial charge in [0.2, 0.25) is 5.91 Å². The number of nitrogens with one attached hydrogen (secondary N) is 3. The normalized spacial score (nSPS) is 26.5. The number of piperidine rings is 1. The van der Waals surface area contributed by atoms with Gasteiger partial charge in [-0.05, 0) is 25.9 Å². The van der Waals surface area contributed by atoms with Gasteiger partial charge in [-0.15, -0.1) is 12.4 Å². The van der Waals surface area contributed by atoms with Crippen molar-refractivity contribution in [3.63, 3.8) is 0 Å². The van der Waals surface area contributed by atoms with Gasteiger partial charge in [0.15, 0.2) is 0 Å². The zero-order chi connectivity index (χ0) is 7.73. The van der Waals surface area contributed by atoms with E-state index < -0.39 is 0 Å². The summed E-state index contributed by atoms with van der Waals surface area (Å²) in [6.45, 7) is 2.47. The molecule has 5 heteroatoms. The summed E-state index contributed by atoms with van der Waals surface area (Å²) in [4.78, 5) is 10.9. The zero-order valence-corrected chi connectivity index (χ0v) is 7.67. The van der Waals surface area contributed by atoms with E-state index >= 15 is 0 Å². The van der Waals surface area contributed by atoms with Crippen molar-refractivity contribution in [3.8, 4) is 0 Å². The molecule has 0 aromatic rings. The second-order valence-corrected chi connectivity index (χ2v) is 3.23. The van der Waals surface area contributed by atoms with Crippen molar-refractivity contribution in [3.05, 3.63) is 0 Å². The van der Waals surface area contributed by atoms with Crippen LogP contribution in [0.2, 0.25) is 0 Å². The Kier molecular flexibility index (Phi) is 2.93. The largest absolute Gasteiger partial charge is 0.337 e. The molecule has 0 radical (unpaired) electrons. The minimum Gasteiger partial charge on any atom is -0.337 e. The number of rotatable bonds is 0. The Hall–Kier alpha value is -0.320. The molecule has 0 aromatic heterocycles. The van der Waals surface area contributed by atoms with Crippen molar-refractivity contribution in [2.45, 2.75) is 18.5 Å². The third-order valence-electron chi connectivity index (χ3n) is 2.42. The molecule has 1 spiro atoms. The second-order valence-electron chi connectivity index (χ2n) is 3.23. The predicted octanol–water partition coefficient (Wildman–Crippen LogP) is -0.793. The highest BCUT2D eigenvalue weighted by Gasteiger charge is 2.37. The lowest BCUT2D eigenvalue weighted by Gasteiger charge is -2.33. The summed E-state index contributed by atoms with van der Waals surface area (Å²) < 4.78 is 0. The summed E-state index contributed by atoms with van der Waals surface area (Å²) in [5.41, 5.74) is -0.0671. The zero-order valence-electron chi connectivity index (χ0n) is 6.85. The van der Waals surface area contributed by atoms with Gasteiger partial charge in [-0.1, -0.05) is 0 Å². The van der Waals surface area contributed by atoms with E-state index in [1.165, 1.54) is 0 Å². The molecule has 2 fully saturated rings. The molecular weight excluding hydrogens is 178 g/mol. The summed E-state index contributed by atoms with van der Waals surface area (Å²) in [6.07, 6.45) is 2.00. The van der Waals surface area contributed by atoms with E-state index in [9.17, 15) is 4.79 Å². The van der Waals surface area contributed by atoms with Crippen LogP contribution >= 0.6 is 12.4 Å². The van der Waals surface area contributed by atoms with Gasteiger partial charge in [-0.3, -0.25) is 10.1 Å². The maximum Gasteiger partial charge on any atom is 0.235 e. The first-order valence-electron chi connectivity index (χ1n) is 4.08. The lowest BCUT2D eigenvalue weighted by Crippen LogP contribution is -2.55. The van der Waals surface area contributed by atoms with E-state index in [0.717, 1.165) is 25.9 Å². The Morgan fingerprint density at radius 2 is 1.92 bits per heavy atom. The Bertz CT molecular complexity index is 179. The van der Waals surface area contributed by atoms with Gasteiger partial charge in [0.05, 0.1) is 12.2 Å². The van der Waals surface area contributed by atoms with E-state index in [0.29, 0.717) is 6.54 Å². The SMILES string of the molecule is Cl.O=C1CNC2(CCNCC2)N1. The highest BCUT2D eigenvalue weighted by atomic mass is 35.5. The molecule has 2 aliphatic heterocycles. The van der Waals surface area contributed by atoms with E-state index in [2.05, 4.69) is 16.0 Å². The minimum atomic E-state index is -0.0671. The molecule has 2 saturated heterocycles. The molecule has 0 atom stereocenters. The third-order valence-corrected chi connectivity index (χ3v) is 2.42. The molecule has 2 rings (SSSR count). The molecular formula is C7H14ClN3O. The van der Waals surface area contributed by atoms with E-state index in [-0.39, 0.29) is 24.0 Å². The van der Waals surface area contributed by atoms with Gasteiger partial charge >= 0.3 is 0 Å². The summed E-state index contributed by atoms with van der Waals surface area (Å²) in [7, 11) is 0. The van der Waals surface area contributed by atoms with Crippen molar-refractivity contribution in [2.75, 3.05) is 19.6 Å². The van der Waals surface area contributed by atoms with Gasteiger partial charge in [-0.2, -0.15) is 0 Å². The van der Waals surface area contributed by atoms with Crippen LogP contribution in [0.3, 0.4) is 0 Å². The molecule has 2 heterocycles. The van der Waals surface area contributed by atoms with Gasteiger partial charge in [0, 0.05) is 0 Å². The van der Waals surface area contributed by atoms with Crippen LogP contribution in [-0.4, -0.2) is 31.2 Å². The van der Waals surface area contributed by atoms with Crippen LogP contribution in [0.4, 0.5) is 0 Å². The second kappa shape index (κ2) is 3.60. The number of halogens is 1. The fourth-order valence-electron chi connectivity index (χ4n) is 1.76. The molecule has 0 unspecified atom stereocenters. The van der Waals surface area contributed by atoms with Crippen LogP contribution < -0.4 is 16.0 Å². The van der Waals surface area contributed by atoms with Crippen molar-refractivity contribution in [2.24, 2.45) is 0 Å². The molecule has 0 aromatic carbocycles. The quantitative estimate of drug-likeness (QED) is 0.471. The summed E-state index contributed by atoms with van der Waals surface area (Å²) >= 11 is 0. The highest BCUT2D eigenvalue weighted by Crippen LogP contribution is 2.17. The average molecular weight is 192 g/mol. The van der Waals surface area contributed by atoms with Gasteiger partial charge in [0.1, 0.15) is 0 Å². The van der Waals surface area contributed by atoms with Gasteiger partial charge in [-0.25, -0.2) is 0 Å². The number of amides is 1. The van der Waals surface area contributed by atoms with E-state index in [1.54, 1.807) is 0 Å². The first-order valence-corrected chi connectivity index (χ1v) is 4.08. The van der Waals surface area contributed by atoms with Crippen LogP contribution in [0.25, 0.3) is 0 Å². The van der Waals surface area contributed by atoms with E-state index in [1.807, 2.05) is 0 Å². The van der Waals surface area contributed by atoms with Crippen LogP contribution in [-0.2, 0) is 4.79 Å². The lowest BCUT2D eigenvalue weighted by atomic mass is 10.00. The maximum atomic E-state index is 10.9. The molecule has 2 aliphatic rings. The summed E-state index contributed by atoms with van der Waals surface area (Å²) in [5.74, 6) is 0.131. The average Bonchev–Trinajstić information content (AvgIpc) is 2.34. The molecule has 1 amide bonds. The Morgan fingerprint density at radius 3 is 2.42 bits per heavy atom. The summed E-state index contributed by atoms with van der Waals surface area (Å²) in [6, 6.07) is 0. The molecule has 0 bridgehead atoms. The smallest absolute Gasteiger partial charge is 0.235 e. The Labute approximate surface area is 77.9 Å². The fourth-order valence-corrected chi connectivity index (χ4v) is 1.76. The van der Waals surface area contributed by atoms with Gasteiger partial charge in [0.25, 0.3) is 0 Å². The highest BCUT2D eigenvalue weighted by molar-refractivity contribution is 5.85. The standard InChI is InChI=1S/C7H13N3O.ClH/c11-6-5-9-7(10-6)1-3-8-4-2-7;/h8-9H,1-5H2,(H,10,11);1H. The number of hydrogen-bond acceptors (Lipinski definition) is 3. The third kappa shape index (κ3) is 1.71.